The summed E-state index contributed by atoms with van der Waals surface area (Å²) in [4.78, 5) is 51.5. The van der Waals surface area contributed by atoms with E-state index in [1.807, 2.05) is 25.7 Å². The smallest absolute Gasteiger partial charge is 0.259 e. The number of thiazole rings is 1. The molecule has 3 heterocycles. The molecule has 200 valence electrons. The number of nitrogens with zero attached hydrogens (tertiary/aromatic N) is 5. The van der Waals surface area contributed by atoms with Crippen LogP contribution < -0.4 is 10.2 Å². The molecule has 1 aromatic carbocycles. The first kappa shape index (κ1) is 27.0. The number of nitrogens with one attached hydrogen (secondary N) is 1. The second-order valence-electron chi connectivity index (χ2n) is 10.2. The van der Waals surface area contributed by atoms with Gasteiger partial charge in [-0.2, -0.15) is 0 Å². The zero-order chi connectivity index (χ0) is 26.9. The lowest BCUT2D eigenvalue weighted by atomic mass is 10.1. The predicted octanol–water partition coefficient (Wildman–Crippen LogP) is 2.67. The highest BCUT2D eigenvalue weighted by atomic mass is 32.1. The van der Waals surface area contributed by atoms with Gasteiger partial charge in [-0.05, 0) is 32.2 Å². The fraction of sp³-hybridized carbons (Fsp3) is 0.538. The number of piperazine rings is 1. The summed E-state index contributed by atoms with van der Waals surface area (Å²) in [7, 11) is 3.69. The lowest BCUT2D eigenvalue weighted by molar-refractivity contribution is -0.142. The first-order chi connectivity index (χ1) is 17.5. The first-order valence-corrected chi connectivity index (χ1v) is 13.4. The van der Waals surface area contributed by atoms with Gasteiger partial charge >= 0.3 is 0 Å². The summed E-state index contributed by atoms with van der Waals surface area (Å²) in [6.45, 7) is 8.72. The Bertz CT molecular complexity index is 1190. The van der Waals surface area contributed by atoms with E-state index in [2.05, 4.69) is 22.2 Å². The number of hydrogen-bond acceptors (Lipinski definition) is 7. The van der Waals surface area contributed by atoms with Crippen LogP contribution in [0.1, 0.15) is 41.7 Å². The molecule has 1 N–H and O–H groups in total. The number of amides is 3. The van der Waals surface area contributed by atoms with Crippen LogP contribution in [0.2, 0.25) is 0 Å². The number of likely N-dealkylation sites (N-methyl/N-ethyl adjacent to an activating group) is 2. The summed E-state index contributed by atoms with van der Waals surface area (Å²) >= 11 is 1.46. The van der Waals surface area contributed by atoms with Crippen LogP contribution in [-0.2, 0) is 22.6 Å². The normalized spacial score (nSPS) is 18.1. The van der Waals surface area contributed by atoms with Gasteiger partial charge in [0, 0.05) is 68.7 Å². The van der Waals surface area contributed by atoms with Crippen molar-refractivity contribution in [2.24, 2.45) is 5.92 Å². The van der Waals surface area contributed by atoms with E-state index >= 15 is 0 Å². The third-order valence-electron chi connectivity index (χ3n) is 6.88. The molecular formula is C26H35FN6O3S. The minimum absolute atomic E-state index is 0.0269. The minimum Gasteiger partial charge on any atom is -0.367 e. The molecule has 0 bridgehead atoms. The Morgan fingerprint density at radius 2 is 2.00 bits per heavy atom. The molecular weight excluding hydrogens is 495 g/mol. The maximum absolute atomic E-state index is 14.2. The lowest BCUT2D eigenvalue weighted by Gasteiger charge is -2.42. The Hall–Kier alpha value is -3.05. The zero-order valence-corrected chi connectivity index (χ0v) is 22.9. The van der Waals surface area contributed by atoms with Crippen molar-refractivity contribution in [2.45, 2.75) is 39.8 Å². The number of benzene rings is 1. The highest BCUT2D eigenvalue weighted by molar-refractivity contribution is 7.15. The summed E-state index contributed by atoms with van der Waals surface area (Å²) < 4.78 is 14.2. The summed E-state index contributed by atoms with van der Waals surface area (Å²) in [5.41, 5.74) is 1.86. The second kappa shape index (κ2) is 11.1. The largest absolute Gasteiger partial charge is 0.367 e. The second-order valence-corrected chi connectivity index (χ2v) is 11.3. The average Bonchev–Trinajstić information content (AvgIpc) is 3.24. The Balaban J connectivity index is 1.45. The molecule has 0 saturated carbocycles. The first-order valence-electron chi connectivity index (χ1n) is 12.6. The summed E-state index contributed by atoms with van der Waals surface area (Å²) in [6, 6.07) is 4.07. The van der Waals surface area contributed by atoms with Gasteiger partial charge in [-0.25, -0.2) is 9.37 Å². The molecule has 2 aliphatic heterocycles. The van der Waals surface area contributed by atoms with Gasteiger partial charge in [-0.3, -0.25) is 19.7 Å². The minimum atomic E-state index is -0.492. The van der Waals surface area contributed by atoms with Crippen molar-refractivity contribution in [3.63, 3.8) is 0 Å². The third-order valence-corrected chi connectivity index (χ3v) is 7.87. The third kappa shape index (κ3) is 6.10. The van der Waals surface area contributed by atoms with Crippen molar-refractivity contribution in [3.8, 4) is 0 Å². The topological polar surface area (TPSA) is 89.1 Å². The molecule has 2 aromatic rings. The van der Waals surface area contributed by atoms with Gasteiger partial charge in [0.15, 0.2) is 5.13 Å². The number of halogens is 1. The van der Waals surface area contributed by atoms with Gasteiger partial charge in [-0.15, -0.1) is 11.3 Å². The molecule has 1 fully saturated rings. The van der Waals surface area contributed by atoms with Crippen molar-refractivity contribution >= 4 is 39.9 Å². The van der Waals surface area contributed by atoms with E-state index in [1.165, 1.54) is 28.4 Å². The van der Waals surface area contributed by atoms with Crippen molar-refractivity contribution < 1.29 is 18.8 Å². The van der Waals surface area contributed by atoms with E-state index in [9.17, 15) is 18.8 Å². The maximum Gasteiger partial charge on any atom is 0.259 e. The van der Waals surface area contributed by atoms with E-state index in [0.717, 1.165) is 30.1 Å². The van der Waals surface area contributed by atoms with Gasteiger partial charge in [0.1, 0.15) is 5.82 Å². The number of carbonyl (C=O) groups is 3. The van der Waals surface area contributed by atoms with Gasteiger partial charge in [0.2, 0.25) is 11.8 Å². The van der Waals surface area contributed by atoms with Crippen molar-refractivity contribution in [3.05, 3.63) is 40.2 Å². The van der Waals surface area contributed by atoms with Crippen LogP contribution in [0.15, 0.2) is 18.2 Å². The Kier molecular flexibility index (Phi) is 8.13. The molecule has 0 spiro atoms. The van der Waals surface area contributed by atoms with E-state index in [0.29, 0.717) is 30.5 Å². The van der Waals surface area contributed by atoms with Crippen LogP contribution in [-0.4, -0.2) is 90.3 Å². The van der Waals surface area contributed by atoms with Gasteiger partial charge in [0.05, 0.1) is 17.8 Å². The fourth-order valence-electron chi connectivity index (χ4n) is 4.87. The van der Waals surface area contributed by atoms with Gasteiger partial charge in [-0.1, -0.05) is 13.8 Å². The molecule has 1 atom stereocenters. The average molecular weight is 531 g/mol. The molecule has 3 amide bonds. The number of rotatable bonds is 6. The molecule has 4 rings (SSSR count). The number of fused-ring (bicyclic) bond motifs is 1. The SMILES string of the molecule is CC(C)C(=O)N(C)CC(=O)N1CCN(c2ccc(F)cc2C(=O)Nc2nc3c(s2)CN(C)CC3)CC1C. The maximum atomic E-state index is 14.2. The highest BCUT2D eigenvalue weighted by Crippen LogP contribution is 2.30. The van der Waals surface area contributed by atoms with E-state index < -0.39 is 11.7 Å². The standard InChI is InChI=1S/C26H35FN6O3S/c1-16(2)25(36)31(5)15-23(34)33-11-10-32(13-17(33)3)21-7-6-18(27)12-19(21)24(35)29-26-28-20-8-9-30(4)14-22(20)37-26/h6-7,12,16-17H,8-11,13-15H2,1-5H3,(H,28,29,35). The van der Waals surface area contributed by atoms with Crippen molar-refractivity contribution in [1.29, 1.82) is 0 Å². The highest BCUT2D eigenvalue weighted by Gasteiger charge is 2.31. The molecule has 2 aliphatic rings. The molecule has 9 nitrogen and oxygen atoms in total. The van der Waals surface area contributed by atoms with Crippen LogP contribution in [0.5, 0.6) is 0 Å². The van der Waals surface area contributed by atoms with Crippen LogP contribution >= 0.6 is 11.3 Å². The van der Waals surface area contributed by atoms with E-state index in [-0.39, 0.29) is 35.9 Å². The van der Waals surface area contributed by atoms with E-state index in [1.54, 1.807) is 18.0 Å². The van der Waals surface area contributed by atoms with Gasteiger partial charge in [0.25, 0.3) is 5.91 Å². The van der Waals surface area contributed by atoms with E-state index in [4.69, 9.17) is 0 Å². The Morgan fingerprint density at radius 3 is 2.70 bits per heavy atom. The molecule has 37 heavy (non-hydrogen) atoms. The van der Waals surface area contributed by atoms with Crippen LogP contribution in [0, 0.1) is 11.7 Å². The summed E-state index contributed by atoms with van der Waals surface area (Å²) in [5.74, 6) is -1.26. The number of hydrogen-bond donors (Lipinski definition) is 1. The molecule has 0 aliphatic carbocycles. The van der Waals surface area contributed by atoms with Crippen LogP contribution in [0.3, 0.4) is 0 Å². The molecule has 1 saturated heterocycles. The summed E-state index contributed by atoms with van der Waals surface area (Å²) in [6.07, 6.45) is 0.839. The number of aromatic nitrogens is 1. The Morgan fingerprint density at radius 1 is 1.24 bits per heavy atom. The molecule has 11 heteroatoms. The molecule has 1 aromatic heterocycles. The molecule has 1 unspecified atom stereocenters. The van der Waals surface area contributed by atoms with Crippen molar-refractivity contribution in [2.75, 3.05) is 57.0 Å². The molecule has 0 radical (unpaired) electrons. The summed E-state index contributed by atoms with van der Waals surface area (Å²) in [5, 5.41) is 3.39. The fourth-order valence-corrected chi connectivity index (χ4v) is 5.95. The lowest BCUT2D eigenvalue weighted by Crippen LogP contribution is -2.56. The predicted molar refractivity (Wildman–Crippen MR) is 142 cm³/mol. The van der Waals surface area contributed by atoms with Crippen LogP contribution in [0.4, 0.5) is 15.2 Å². The monoisotopic (exact) mass is 530 g/mol. The van der Waals surface area contributed by atoms with Crippen LogP contribution in [0.25, 0.3) is 0 Å². The number of carbonyl (C=O) groups excluding carboxylic acids is 3. The Labute approximate surface area is 221 Å². The number of anilines is 2. The quantitative estimate of drug-likeness (QED) is 0.618. The zero-order valence-electron chi connectivity index (χ0n) is 22.1. The van der Waals surface area contributed by atoms with Gasteiger partial charge < -0.3 is 19.6 Å². The van der Waals surface area contributed by atoms with Crippen molar-refractivity contribution in [1.82, 2.24) is 19.7 Å².